The number of rotatable bonds is 7. The summed E-state index contributed by atoms with van der Waals surface area (Å²) in [5, 5.41) is 17.8. The minimum atomic E-state index is -0.0993. The summed E-state index contributed by atoms with van der Waals surface area (Å²) in [7, 11) is 0. The van der Waals surface area contributed by atoms with Gasteiger partial charge in [-0.3, -0.25) is 4.79 Å². The first kappa shape index (κ1) is 15.7. The lowest BCUT2D eigenvalue weighted by Gasteiger charge is -2.21. The summed E-state index contributed by atoms with van der Waals surface area (Å²) in [6.45, 7) is 4.95. The number of hydrogen-bond donors (Lipinski definition) is 2. The zero-order valence-corrected chi connectivity index (χ0v) is 11.7. The lowest BCUT2D eigenvalue weighted by atomic mass is 10.0. The minimum absolute atomic E-state index is 0.0432. The molecule has 2 N–H and O–H groups in total. The van der Waals surface area contributed by atoms with Gasteiger partial charge in [-0.25, -0.2) is 0 Å². The van der Waals surface area contributed by atoms with Gasteiger partial charge < -0.3 is 15.1 Å². The summed E-state index contributed by atoms with van der Waals surface area (Å²) in [5.74, 6) is 0.338. The lowest BCUT2D eigenvalue weighted by Crippen LogP contribution is -2.34. The third-order valence-electron chi connectivity index (χ3n) is 3.07. The highest BCUT2D eigenvalue weighted by Crippen LogP contribution is 2.15. The van der Waals surface area contributed by atoms with Crippen molar-refractivity contribution in [2.24, 2.45) is 0 Å². The molecule has 0 radical (unpaired) electrons. The number of benzene rings is 1. The summed E-state index contributed by atoms with van der Waals surface area (Å²) in [6, 6.07) is 7.56. The molecule has 0 fully saturated rings. The number of aliphatic hydroxyl groups is 2. The van der Waals surface area contributed by atoms with E-state index in [-0.39, 0.29) is 19.1 Å². The molecule has 0 spiro atoms. The Morgan fingerprint density at radius 2 is 1.74 bits per heavy atom. The second kappa shape index (κ2) is 7.92. The molecule has 0 aliphatic carbocycles. The Morgan fingerprint density at radius 1 is 1.11 bits per heavy atom. The third kappa shape index (κ3) is 4.65. The van der Waals surface area contributed by atoms with Crippen molar-refractivity contribution in [1.29, 1.82) is 0 Å². The molecule has 19 heavy (non-hydrogen) atoms. The topological polar surface area (TPSA) is 60.8 Å². The smallest absolute Gasteiger partial charge is 0.253 e. The van der Waals surface area contributed by atoms with Crippen molar-refractivity contribution in [2.45, 2.75) is 26.2 Å². The predicted octanol–water partition coefficient (Wildman–Crippen LogP) is 1.63. The molecular formula is C15H23NO3. The molecule has 1 aromatic carbocycles. The molecular weight excluding hydrogens is 242 g/mol. The van der Waals surface area contributed by atoms with Crippen molar-refractivity contribution < 1.29 is 15.0 Å². The molecule has 0 aliphatic rings. The van der Waals surface area contributed by atoms with Crippen LogP contribution >= 0.6 is 0 Å². The van der Waals surface area contributed by atoms with Gasteiger partial charge in [0, 0.05) is 25.3 Å². The number of carbonyl (C=O) groups excluding carboxylic acids is 1. The van der Waals surface area contributed by atoms with Gasteiger partial charge in [0.25, 0.3) is 5.91 Å². The van der Waals surface area contributed by atoms with E-state index in [4.69, 9.17) is 10.2 Å². The van der Waals surface area contributed by atoms with E-state index in [2.05, 4.69) is 13.8 Å². The quantitative estimate of drug-likeness (QED) is 0.787. The summed E-state index contributed by atoms with van der Waals surface area (Å²) < 4.78 is 0. The van der Waals surface area contributed by atoms with Crippen LogP contribution in [0.15, 0.2) is 24.3 Å². The van der Waals surface area contributed by atoms with Crippen LogP contribution in [0.5, 0.6) is 0 Å². The number of nitrogens with zero attached hydrogens (tertiary/aromatic N) is 1. The molecule has 4 heteroatoms. The van der Waals surface area contributed by atoms with Gasteiger partial charge in [0.1, 0.15) is 0 Å². The van der Waals surface area contributed by atoms with Gasteiger partial charge >= 0.3 is 0 Å². The Bertz CT molecular complexity index is 387. The van der Waals surface area contributed by atoms with Crippen molar-refractivity contribution in [2.75, 3.05) is 26.3 Å². The summed E-state index contributed by atoms with van der Waals surface area (Å²) in [5.41, 5.74) is 1.82. The minimum Gasteiger partial charge on any atom is -0.396 e. The zero-order valence-electron chi connectivity index (χ0n) is 11.7. The SMILES string of the molecule is CC(C)c1ccc(C(=O)N(CCO)CCCO)cc1. The fourth-order valence-electron chi connectivity index (χ4n) is 1.89. The predicted molar refractivity (Wildman–Crippen MR) is 75.2 cm³/mol. The van der Waals surface area contributed by atoms with Crippen molar-refractivity contribution in [3.63, 3.8) is 0 Å². The van der Waals surface area contributed by atoms with Gasteiger partial charge in [0.2, 0.25) is 0 Å². The number of aliphatic hydroxyl groups excluding tert-OH is 2. The van der Waals surface area contributed by atoms with Crippen molar-refractivity contribution in [3.05, 3.63) is 35.4 Å². The Hall–Kier alpha value is -1.39. The first-order chi connectivity index (χ1) is 9.10. The summed E-state index contributed by atoms with van der Waals surface area (Å²) >= 11 is 0. The molecule has 0 heterocycles. The van der Waals surface area contributed by atoms with Gasteiger partial charge in [-0.2, -0.15) is 0 Å². The number of amides is 1. The Balaban J connectivity index is 2.77. The fourth-order valence-corrected chi connectivity index (χ4v) is 1.89. The van der Waals surface area contributed by atoms with Gasteiger partial charge in [-0.15, -0.1) is 0 Å². The summed E-state index contributed by atoms with van der Waals surface area (Å²) in [6.07, 6.45) is 0.524. The van der Waals surface area contributed by atoms with Gasteiger partial charge in [-0.05, 0) is 30.0 Å². The molecule has 0 unspecified atom stereocenters. The van der Waals surface area contributed by atoms with E-state index in [0.29, 0.717) is 31.0 Å². The molecule has 0 atom stereocenters. The van der Waals surface area contributed by atoms with Crippen LogP contribution in [-0.4, -0.2) is 47.3 Å². The van der Waals surface area contributed by atoms with Crippen LogP contribution in [0.4, 0.5) is 0 Å². The molecule has 0 aromatic heterocycles. The van der Waals surface area contributed by atoms with E-state index in [1.165, 1.54) is 5.56 Å². The highest BCUT2D eigenvalue weighted by molar-refractivity contribution is 5.94. The first-order valence-electron chi connectivity index (χ1n) is 6.71. The number of hydrogen-bond acceptors (Lipinski definition) is 3. The second-order valence-electron chi connectivity index (χ2n) is 4.87. The van der Waals surface area contributed by atoms with Crippen LogP contribution < -0.4 is 0 Å². The van der Waals surface area contributed by atoms with Crippen molar-refractivity contribution in [1.82, 2.24) is 4.90 Å². The van der Waals surface area contributed by atoms with E-state index in [1.807, 2.05) is 24.3 Å². The fraction of sp³-hybridized carbons (Fsp3) is 0.533. The highest BCUT2D eigenvalue weighted by Gasteiger charge is 2.14. The van der Waals surface area contributed by atoms with E-state index in [1.54, 1.807) is 4.90 Å². The molecule has 1 aromatic rings. The van der Waals surface area contributed by atoms with Gasteiger partial charge in [-0.1, -0.05) is 26.0 Å². The van der Waals surface area contributed by atoms with E-state index < -0.39 is 0 Å². The normalized spacial score (nSPS) is 10.8. The Kier molecular flexibility index (Phi) is 6.53. The van der Waals surface area contributed by atoms with Crippen LogP contribution in [0.1, 0.15) is 42.1 Å². The maximum absolute atomic E-state index is 12.3. The molecule has 0 aliphatic heterocycles. The molecule has 1 rings (SSSR count). The summed E-state index contributed by atoms with van der Waals surface area (Å²) in [4.78, 5) is 13.8. The third-order valence-corrected chi connectivity index (χ3v) is 3.07. The standard InChI is InChI=1S/C15H23NO3/c1-12(2)13-4-6-14(7-5-13)15(19)16(9-11-18)8-3-10-17/h4-7,12,17-18H,3,8-11H2,1-2H3. The molecule has 1 amide bonds. The van der Waals surface area contributed by atoms with Crippen LogP contribution in [0.3, 0.4) is 0 Å². The van der Waals surface area contributed by atoms with Crippen LogP contribution in [0.2, 0.25) is 0 Å². The maximum atomic E-state index is 12.3. The Labute approximate surface area is 114 Å². The second-order valence-corrected chi connectivity index (χ2v) is 4.87. The van der Waals surface area contributed by atoms with Gasteiger partial charge in [0.05, 0.1) is 6.61 Å². The molecule has 4 nitrogen and oxygen atoms in total. The van der Waals surface area contributed by atoms with Gasteiger partial charge in [0.15, 0.2) is 0 Å². The van der Waals surface area contributed by atoms with Crippen LogP contribution in [-0.2, 0) is 0 Å². The average Bonchev–Trinajstić information content (AvgIpc) is 2.42. The lowest BCUT2D eigenvalue weighted by molar-refractivity contribution is 0.0710. The Morgan fingerprint density at radius 3 is 2.21 bits per heavy atom. The van der Waals surface area contributed by atoms with Crippen LogP contribution in [0.25, 0.3) is 0 Å². The van der Waals surface area contributed by atoms with Crippen molar-refractivity contribution >= 4 is 5.91 Å². The molecule has 106 valence electrons. The van der Waals surface area contributed by atoms with Crippen LogP contribution in [0, 0.1) is 0 Å². The monoisotopic (exact) mass is 265 g/mol. The highest BCUT2D eigenvalue weighted by atomic mass is 16.3. The van der Waals surface area contributed by atoms with E-state index >= 15 is 0 Å². The largest absolute Gasteiger partial charge is 0.396 e. The zero-order chi connectivity index (χ0) is 14.3. The van der Waals surface area contributed by atoms with E-state index in [0.717, 1.165) is 0 Å². The maximum Gasteiger partial charge on any atom is 0.253 e. The molecule has 0 bridgehead atoms. The number of carbonyl (C=O) groups is 1. The average molecular weight is 265 g/mol. The molecule has 0 saturated carbocycles. The van der Waals surface area contributed by atoms with Crippen molar-refractivity contribution in [3.8, 4) is 0 Å². The molecule has 0 saturated heterocycles. The first-order valence-corrected chi connectivity index (χ1v) is 6.71. The van der Waals surface area contributed by atoms with E-state index in [9.17, 15) is 4.79 Å².